The average Bonchev–Trinajstić information content (AvgIpc) is 3.04. The molecule has 1 amide bonds. The molecule has 0 spiro atoms. The van der Waals surface area contributed by atoms with Gasteiger partial charge in [0.2, 0.25) is 5.91 Å². The van der Waals surface area contributed by atoms with Crippen LogP contribution in [-0.4, -0.2) is 58.6 Å². The normalized spacial score (nSPS) is 26.6. The Labute approximate surface area is 168 Å². The number of nitrogens with one attached hydrogen (secondary N) is 1. The number of esters is 1. The zero-order chi connectivity index (χ0) is 20.8. The topological polar surface area (TPSA) is 95.9 Å². The molecule has 0 aromatic heterocycles. The molecule has 2 fully saturated rings. The molecule has 2 N–H and O–H groups in total. The Hall–Kier alpha value is -1.63. The van der Waals surface area contributed by atoms with Crippen LogP contribution in [0.5, 0.6) is 0 Å². The number of carbonyl (C=O) groups is 3. The largest absolute Gasteiger partial charge is 0.480 e. The molecule has 2 rings (SSSR count). The third kappa shape index (κ3) is 5.46. The minimum Gasteiger partial charge on any atom is -0.480 e. The van der Waals surface area contributed by atoms with Gasteiger partial charge >= 0.3 is 11.9 Å². The minimum atomic E-state index is -0.934. The summed E-state index contributed by atoms with van der Waals surface area (Å²) >= 11 is 0. The van der Waals surface area contributed by atoms with Gasteiger partial charge in [-0.15, -0.1) is 0 Å². The number of hydrogen-bond donors (Lipinski definition) is 2. The molecule has 0 radical (unpaired) electrons. The molecule has 160 valence electrons. The second-order valence-corrected chi connectivity index (χ2v) is 8.61. The van der Waals surface area contributed by atoms with Gasteiger partial charge in [0.15, 0.2) is 0 Å². The van der Waals surface area contributed by atoms with Crippen LogP contribution in [0.25, 0.3) is 0 Å². The monoisotopic (exact) mass is 396 g/mol. The predicted octanol–water partition coefficient (Wildman–Crippen LogP) is 2.58. The Morgan fingerprint density at radius 2 is 1.82 bits per heavy atom. The highest BCUT2D eigenvalue weighted by molar-refractivity contribution is 5.88. The van der Waals surface area contributed by atoms with E-state index in [1.807, 2.05) is 0 Å². The molecule has 2 aliphatic rings. The minimum absolute atomic E-state index is 0.00306. The Kier molecular flexibility index (Phi) is 8.28. The third-order valence-electron chi connectivity index (χ3n) is 6.05. The van der Waals surface area contributed by atoms with Gasteiger partial charge in [0.25, 0.3) is 0 Å². The fraction of sp³-hybridized carbons (Fsp3) is 0.857. The molecule has 7 heteroatoms. The van der Waals surface area contributed by atoms with Crippen molar-refractivity contribution in [2.24, 2.45) is 11.8 Å². The van der Waals surface area contributed by atoms with Gasteiger partial charge in [-0.1, -0.05) is 26.7 Å². The molecule has 1 aliphatic carbocycles. The van der Waals surface area contributed by atoms with Gasteiger partial charge in [0, 0.05) is 6.04 Å². The van der Waals surface area contributed by atoms with Crippen LogP contribution >= 0.6 is 0 Å². The van der Waals surface area contributed by atoms with E-state index in [4.69, 9.17) is 4.74 Å². The van der Waals surface area contributed by atoms with Gasteiger partial charge in [-0.2, -0.15) is 0 Å². The van der Waals surface area contributed by atoms with Crippen molar-refractivity contribution in [1.82, 2.24) is 10.2 Å². The van der Waals surface area contributed by atoms with Crippen LogP contribution in [0.3, 0.4) is 0 Å². The van der Waals surface area contributed by atoms with Crippen molar-refractivity contribution >= 4 is 17.8 Å². The number of carbonyl (C=O) groups excluding carboxylic acids is 2. The molecule has 1 saturated carbocycles. The van der Waals surface area contributed by atoms with Crippen molar-refractivity contribution in [2.75, 3.05) is 6.61 Å². The predicted molar refractivity (Wildman–Crippen MR) is 106 cm³/mol. The highest BCUT2D eigenvalue weighted by Gasteiger charge is 2.48. The van der Waals surface area contributed by atoms with Crippen LogP contribution in [0.15, 0.2) is 0 Å². The van der Waals surface area contributed by atoms with Crippen LogP contribution in [0.4, 0.5) is 0 Å². The summed E-state index contributed by atoms with van der Waals surface area (Å²) in [5.74, 6) is -0.803. The zero-order valence-corrected chi connectivity index (χ0v) is 17.6. The summed E-state index contributed by atoms with van der Waals surface area (Å²) in [4.78, 5) is 38.9. The molecular formula is C21H36N2O5. The summed E-state index contributed by atoms with van der Waals surface area (Å²) < 4.78 is 5.17. The lowest BCUT2D eigenvalue weighted by Crippen LogP contribution is -2.55. The lowest BCUT2D eigenvalue weighted by molar-refractivity contribution is -0.152. The number of rotatable bonds is 9. The Morgan fingerprint density at radius 3 is 2.43 bits per heavy atom. The van der Waals surface area contributed by atoms with E-state index in [0.29, 0.717) is 18.8 Å². The number of hydrogen-bond acceptors (Lipinski definition) is 5. The van der Waals surface area contributed by atoms with E-state index in [0.717, 1.165) is 32.1 Å². The molecule has 0 unspecified atom stereocenters. The number of carboxylic acids is 1. The van der Waals surface area contributed by atoms with Crippen molar-refractivity contribution in [3.05, 3.63) is 0 Å². The van der Waals surface area contributed by atoms with Crippen molar-refractivity contribution < 1.29 is 24.2 Å². The number of carboxylic acid groups (broad SMARTS) is 1. The van der Waals surface area contributed by atoms with Crippen molar-refractivity contribution in [2.45, 2.75) is 96.8 Å². The summed E-state index contributed by atoms with van der Waals surface area (Å²) in [5, 5.41) is 12.8. The second kappa shape index (κ2) is 10.2. The highest BCUT2D eigenvalue weighted by Crippen LogP contribution is 2.40. The van der Waals surface area contributed by atoms with E-state index < -0.39 is 24.1 Å². The van der Waals surface area contributed by atoms with Gasteiger partial charge in [-0.3, -0.25) is 14.9 Å². The number of aliphatic carboxylic acids is 1. The quantitative estimate of drug-likeness (QED) is 0.582. The van der Waals surface area contributed by atoms with Crippen LogP contribution in [0, 0.1) is 11.8 Å². The fourth-order valence-electron chi connectivity index (χ4n) is 4.61. The first-order chi connectivity index (χ1) is 13.3. The fourth-order valence-corrected chi connectivity index (χ4v) is 4.61. The van der Waals surface area contributed by atoms with Gasteiger partial charge < -0.3 is 14.7 Å². The van der Waals surface area contributed by atoms with E-state index >= 15 is 0 Å². The van der Waals surface area contributed by atoms with Gasteiger partial charge in [-0.25, -0.2) is 4.79 Å². The Morgan fingerprint density at radius 1 is 1.14 bits per heavy atom. The zero-order valence-electron chi connectivity index (χ0n) is 17.6. The number of nitrogens with zero attached hydrogens (tertiary/aromatic N) is 1. The first-order valence-electron chi connectivity index (χ1n) is 10.7. The maximum Gasteiger partial charge on any atom is 0.326 e. The van der Waals surface area contributed by atoms with Crippen LogP contribution < -0.4 is 5.32 Å². The first-order valence-corrected chi connectivity index (χ1v) is 10.7. The van der Waals surface area contributed by atoms with Crippen molar-refractivity contribution in [3.8, 4) is 0 Å². The molecule has 5 atom stereocenters. The second-order valence-electron chi connectivity index (χ2n) is 8.61. The standard InChI is InChI=1S/C21H36N2O5/c1-5-28-21(27)16(11-10-13(2)3)22-14(4)19(24)23-17-9-7-6-8-15(17)12-18(23)20(25)26/h13-18,22H,5-12H2,1-4H3,(H,25,26)/t14-,15+,16-,17-,18-/m0/s1. The highest BCUT2D eigenvalue weighted by atomic mass is 16.5. The molecule has 1 heterocycles. The smallest absolute Gasteiger partial charge is 0.326 e. The Bertz CT molecular complexity index is 565. The van der Waals surface area contributed by atoms with Crippen LogP contribution in [-0.2, 0) is 19.1 Å². The molecule has 0 bridgehead atoms. The summed E-state index contributed by atoms with van der Waals surface area (Å²) in [5.41, 5.74) is 0. The molecule has 7 nitrogen and oxygen atoms in total. The van der Waals surface area contributed by atoms with Crippen LogP contribution in [0.1, 0.15) is 72.6 Å². The van der Waals surface area contributed by atoms with E-state index in [9.17, 15) is 19.5 Å². The van der Waals surface area contributed by atoms with Gasteiger partial charge in [-0.05, 0) is 57.8 Å². The van der Waals surface area contributed by atoms with Crippen molar-refractivity contribution in [1.29, 1.82) is 0 Å². The molecule has 0 aromatic carbocycles. The number of ether oxygens (including phenoxy) is 1. The lowest BCUT2D eigenvalue weighted by atomic mass is 9.84. The van der Waals surface area contributed by atoms with Gasteiger partial charge in [0.1, 0.15) is 12.1 Å². The number of fused-ring (bicyclic) bond motifs is 1. The van der Waals surface area contributed by atoms with E-state index in [1.54, 1.807) is 18.7 Å². The average molecular weight is 397 g/mol. The van der Waals surface area contributed by atoms with E-state index in [-0.39, 0.29) is 30.4 Å². The number of likely N-dealkylation sites (tertiary alicyclic amines) is 1. The SMILES string of the molecule is CCOC(=O)[C@H](CCC(C)C)N[C@@H](C)C(=O)N1[C@H](C(=O)O)C[C@H]2CCCC[C@@H]21. The van der Waals surface area contributed by atoms with Crippen molar-refractivity contribution in [3.63, 3.8) is 0 Å². The van der Waals surface area contributed by atoms with Gasteiger partial charge in [0.05, 0.1) is 12.6 Å². The maximum absolute atomic E-state index is 13.2. The Balaban J connectivity index is 2.10. The molecular weight excluding hydrogens is 360 g/mol. The first kappa shape index (κ1) is 22.7. The van der Waals surface area contributed by atoms with E-state index in [2.05, 4.69) is 19.2 Å². The number of amides is 1. The van der Waals surface area contributed by atoms with Crippen LogP contribution in [0.2, 0.25) is 0 Å². The maximum atomic E-state index is 13.2. The summed E-state index contributed by atoms with van der Waals surface area (Å²) in [6.45, 7) is 7.94. The summed E-state index contributed by atoms with van der Waals surface area (Å²) in [6.07, 6.45) is 5.93. The molecule has 1 saturated heterocycles. The summed E-state index contributed by atoms with van der Waals surface area (Å²) in [6, 6.07) is -1.96. The summed E-state index contributed by atoms with van der Waals surface area (Å²) in [7, 11) is 0. The lowest BCUT2D eigenvalue weighted by Gasteiger charge is -2.35. The molecule has 28 heavy (non-hydrogen) atoms. The molecule has 1 aliphatic heterocycles. The third-order valence-corrected chi connectivity index (χ3v) is 6.05. The van der Waals surface area contributed by atoms with E-state index in [1.165, 1.54) is 0 Å². The molecule has 0 aromatic rings.